The monoisotopic (exact) mass is 500 g/mol. The molecule has 3 aromatic heterocycles. The van der Waals surface area contributed by atoms with Crippen LogP contribution in [0.3, 0.4) is 0 Å². The van der Waals surface area contributed by atoms with Gasteiger partial charge in [-0.1, -0.05) is 12.1 Å². The molecule has 2 fully saturated rings. The number of nitrogens with two attached hydrogens (primary N) is 1. The fraction of sp³-hybridized carbons (Fsp3) is 0.400. The fourth-order valence-corrected chi connectivity index (χ4v) is 5.24. The fourth-order valence-electron chi connectivity index (χ4n) is 5.24. The number of nitrogens with zero attached hydrogens (tertiary/aromatic N) is 5. The van der Waals surface area contributed by atoms with Gasteiger partial charge in [0.25, 0.3) is 0 Å². The van der Waals surface area contributed by atoms with Crippen molar-refractivity contribution in [1.82, 2.24) is 24.5 Å². The highest BCUT2D eigenvalue weighted by Crippen LogP contribution is 2.49. The lowest BCUT2D eigenvalue weighted by Gasteiger charge is -2.30. The lowest BCUT2D eigenvalue weighted by molar-refractivity contribution is -0.183. The summed E-state index contributed by atoms with van der Waals surface area (Å²) < 4.78 is 58.6. The number of alkyl halides is 3. The first-order valence-corrected chi connectivity index (χ1v) is 11.8. The molecule has 36 heavy (non-hydrogen) atoms. The van der Waals surface area contributed by atoms with Gasteiger partial charge in [-0.2, -0.15) is 13.2 Å². The van der Waals surface area contributed by atoms with Gasteiger partial charge in [-0.25, -0.2) is 9.37 Å². The Morgan fingerprint density at radius 1 is 1.14 bits per heavy atom. The lowest BCUT2D eigenvalue weighted by atomic mass is 9.95. The van der Waals surface area contributed by atoms with Gasteiger partial charge in [0.05, 0.1) is 12.1 Å². The second-order valence-corrected chi connectivity index (χ2v) is 9.86. The van der Waals surface area contributed by atoms with Crippen molar-refractivity contribution < 1.29 is 22.7 Å². The van der Waals surface area contributed by atoms with Crippen LogP contribution in [-0.4, -0.2) is 61.5 Å². The molecule has 7 nitrogen and oxygen atoms in total. The van der Waals surface area contributed by atoms with E-state index < -0.39 is 17.6 Å². The summed E-state index contributed by atoms with van der Waals surface area (Å²) in [7, 11) is 0. The molecule has 6 rings (SSSR count). The Bertz CT molecular complexity index is 1460. The summed E-state index contributed by atoms with van der Waals surface area (Å²) in [4.78, 5) is 5.99. The molecular formula is C25H24F4N6O. The van der Waals surface area contributed by atoms with Gasteiger partial charge in [-0.15, -0.1) is 10.2 Å². The zero-order valence-corrected chi connectivity index (χ0v) is 19.2. The molecule has 1 unspecified atom stereocenters. The highest BCUT2D eigenvalue weighted by Gasteiger charge is 2.47. The van der Waals surface area contributed by atoms with E-state index in [1.54, 1.807) is 18.2 Å². The molecule has 1 saturated carbocycles. The van der Waals surface area contributed by atoms with Gasteiger partial charge >= 0.3 is 6.18 Å². The Hall–Kier alpha value is -3.15. The second kappa shape index (κ2) is 8.19. The quantitative estimate of drug-likeness (QED) is 0.406. The molecular weight excluding hydrogens is 476 g/mol. The van der Waals surface area contributed by atoms with Gasteiger partial charge in [-0.3, -0.25) is 9.30 Å². The van der Waals surface area contributed by atoms with E-state index in [1.165, 1.54) is 33.7 Å². The highest BCUT2D eigenvalue weighted by molar-refractivity contribution is 5.82. The molecule has 1 saturated heterocycles. The minimum Gasteiger partial charge on any atom is -0.395 e. The Labute approximate surface area is 203 Å². The molecule has 0 spiro atoms. The molecule has 188 valence electrons. The average Bonchev–Trinajstić information content (AvgIpc) is 3.34. The van der Waals surface area contributed by atoms with E-state index in [0.717, 1.165) is 0 Å². The zero-order valence-electron chi connectivity index (χ0n) is 19.2. The largest absolute Gasteiger partial charge is 0.408 e. The normalized spacial score (nSPS) is 20.9. The van der Waals surface area contributed by atoms with E-state index in [4.69, 9.17) is 5.73 Å². The molecule has 11 heteroatoms. The van der Waals surface area contributed by atoms with Crippen LogP contribution in [0.15, 0.2) is 42.6 Å². The number of fused-ring (bicyclic) bond motifs is 2. The predicted molar refractivity (Wildman–Crippen MR) is 125 cm³/mol. The van der Waals surface area contributed by atoms with Gasteiger partial charge in [0.15, 0.2) is 11.5 Å². The van der Waals surface area contributed by atoms with Crippen molar-refractivity contribution in [3.63, 3.8) is 0 Å². The van der Waals surface area contributed by atoms with Crippen LogP contribution in [0.1, 0.15) is 36.4 Å². The van der Waals surface area contributed by atoms with Crippen LogP contribution in [0, 0.1) is 5.82 Å². The van der Waals surface area contributed by atoms with Gasteiger partial charge in [0, 0.05) is 36.1 Å². The number of aromatic nitrogens is 4. The van der Waals surface area contributed by atoms with E-state index in [-0.39, 0.29) is 42.9 Å². The summed E-state index contributed by atoms with van der Waals surface area (Å²) in [6.07, 6.45) is -1.18. The molecule has 2 aliphatic rings. The molecule has 0 amide bonds. The first-order valence-electron chi connectivity index (χ1n) is 11.8. The Balaban J connectivity index is 1.44. The van der Waals surface area contributed by atoms with Crippen LogP contribution in [0.25, 0.3) is 28.1 Å². The summed E-state index contributed by atoms with van der Waals surface area (Å²) in [6.45, 7) is 0.283. The van der Waals surface area contributed by atoms with Crippen LogP contribution in [0.4, 0.5) is 17.6 Å². The maximum Gasteiger partial charge on any atom is 0.408 e. The van der Waals surface area contributed by atoms with E-state index in [2.05, 4.69) is 15.2 Å². The Morgan fingerprint density at radius 2 is 1.94 bits per heavy atom. The number of benzene rings is 1. The molecule has 0 bridgehead atoms. The van der Waals surface area contributed by atoms with Crippen LogP contribution in [-0.2, 0) is 5.41 Å². The Morgan fingerprint density at radius 3 is 2.61 bits per heavy atom. The van der Waals surface area contributed by atoms with E-state index in [9.17, 15) is 22.7 Å². The van der Waals surface area contributed by atoms with Gasteiger partial charge in [0.1, 0.15) is 17.6 Å². The predicted octanol–water partition coefficient (Wildman–Crippen LogP) is 3.74. The maximum atomic E-state index is 14.7. The van der Waals surface area contributed by atoms with Crippen molar-refractivity contribution in [2.45, 2.75) is 42.9 Å². The molecule has 1 aromatic carbocycles. The van der Waals surface area contributed by atoms with E-state index in [1.807, 2.05) is 0 Å². The first-order chi connectivity index (χ1) is 17.2. The number of aliphatic hydroxyl groups excluding tert-OH is 1. The van der Waals surface area contributed by atoms with Crippen molar-refractivity contribution in [3.8, 4) is 11.5 Å². The van der Waals surface area contributed by atoms with Gasteiger partial charge in [0.2, 0.25) is 0 Å². The first kappa shape index (κ1) is 23.3. The molecule has 1 aliphatic carbocycles. The van der Waals surface area contributed by atoms with Crippen LogP contribution < -0.4 is 5.73 Å². The lowest BCUT2D eigenvalue weighted by Crippen LogP contribution is -2.38. The third kappa shape index (κ3) is 3.82. The number of pyridine rings is 2. The van der Waals surface area contributed by atoms with Crippen molar-refractivity contribution in [2.24, 2.45) is 5.73 Å². The second-order valence-electron chi connectivity index (χ2n) is 9.86. The van der Waals surface area contributed by atoms with Crippen molar-refractivity contribution in [2.75, 3.05) is 19.7 Å². The summed E-state index contributed by atoms with van der Waals surface area (Å²) in [5.41, 5.74) is 7.08. The van der Waals surface area contributed by atoms with E-state index in [0.29, 0.717) is 47.1 Å². The SMILES string of the molecule is NC1CCN([C@H](c2ccc3nnc(-c4ccc5cc(F)c(C6(CO)CC6)cc5n4)n3c2)C(F)(F)F)C1. The third-order valence-corrected chi connectivity index (χ3v) is 7.41. The number of likely N-dealkylation sites (tertiary alicyclic amines) is 1. The smallest absolute Gasteiger partial charge is 0.395 e. The molecule has 1 aliphatic heterocycles. The number of halogens is 4. The summed E-state index contributed by atoms with van der Waals surface area (Å²) in [6, 6.07) is 7.21. The number of hydrogen-bond donors (Lipinski definition) is 2. The Kier molecular flexibility index (Phi) is 5.29. The summed E-state index contributed by atoms with van der Waals surface area (Å²) >= 11 is 0. The molecule has 0 radical (unpaired) electrons. The number of aliphatic hydroxyl groups is 1. The minimum absolute atomic E-state index is 0.0638. The average molecular weight is 501 g/mol. The minimum atomic E-state index is -4.49. The third-order valence-electron chi connectivity index (χ3n) is 7.41. The summed E-state index contributed by atoms with van der Waals surface area (Å²) in [5, 5.41) is 18.6. The molecule has 4 heterocycles. The number of rotatable bonds is 5. The summed E-state index contributed by atoms with van der Waals surface area (Å²) in [5.74, 6) is -0.108. The van der Waals surface area contributed by atoms with Crippen LogP contribution in [0.5, 0.6) is 0 Å². The van der Waals surface area contributed by atoms with E-state index >= 15 is 0 Å². The van der Waals surface area contributed by atoms with Gasteiger partial charge in [-0.05, 0) is 54.7 Å². The molecule has 2 atom stereocenters. The molecule has 4 aromatic rings. The standard InChI is InChI=1S/C25H24F4N6O/c26-18-9-14-1-3-19(31-20(14)10-17(18)24(13-36)6-7-24)23-33-32-21-4-2-15(11-35(21)23)22(25(27,28)29)34-8-5-16(30)12-34/h1-4,9-11,16,22,36H,5-8,12-13,30H2/t16?,22-/m1/s1. The van der Waals surface area contributed by atoms with Crippen molar-refractivity contribution >= 4 is 16.6 Å². The maximum absolute atomic E-state index is 14.7. The number of hydrogen-bond acceptors (Lipinski definition) is 6. The van der Waals surface area contributed by atoms with Gasteiger partial charge < -0.3 is 10.8 Å². The van der Waals surface area contributed by atoms with Crippen molar-refractivity contribution in [1.29, 1.82) is 0 Å². The zero-order chi connectivity index (χ0) is 25.2. The van der Waals surface area contributed by atoms with Crippen LogP contribution in [0.2, 0.25) is 0 Å². The molecule has 3 N–H and O–H groups in total. The van der Waals surface area contributed by atoms with Crippen molar-refractivity contribution in [3.05, 3.63) is 59.5 Å². The van der Waals surface area contributed by atoms with Crippen LogP contribution >= 0.6 is 0 Å². The topological polar surface area (TPSA) is 92.6 Å². The highest BCUT2D eigenvalue weighted by atomic mass is 19.4.